The van der Waals surface area contributed by atoms with Gasteiger partial charge < -0.3 is 5.11 Å². The molecule has 0 radical (unpaired) electrons. The van der Waals surface area contributed by atoms with Gasteiger partial charge >= 0.3 is 0 Å². The lowest BCUT2D eigenvalue weighted by atomic mass is 10.2. The molecule has 1 atom stereocenters. The molecular formula is C14H18ClNO3S. The Morgan fingerprint density at radius 2 is 2.15 bits per heavy atom. The third-order valence-corrected chi connectivity index (χ3v) is 4.73. The van der Waals surface area contributed by atoms with Gasteiger partial charge in [0.2, 0.25) is 10.0 Å². The average molecular weight is 316 g/mol. The van der Waals surface area contributed by atoms with Crippen molar-refractivity contribution in [2.45, 2.75) is 37.6 Å². The normalized spacial score (nSPS) is 12.6. The molecule has 6 heteroatoms. The maximum Gasteiger partial charge on any atom is 0.242 e. The molecule has 1 aromatic rings. The summed E-state index contributed by atoms with van der Waals surface area (Å²) in [6.07, 6.45) is 1.06. The SMILES string of the molecule is CCC(C)NS(=O)(=O)c1ccc(C#CCCO)cc1Cl. The zero-order valence-electron chi connectivity index (χ0n) is 11.5. The van der Waals surface area contributed by atoms with Crippen LogP contribution in [0.4, 0.5) is 0 Å². The fraction of sp³-hybridized carbons (Fsp3) is 0.429. The van der Waals surface area contributed by atoms with Crippen LogP contribution in [0.2, 0.25) is 5.02 Å². The molecular weight excluding hydrogens is 298 g/mol. The predicted molar refractivity (Wildman–Crippen MR) is 80.1 cm³/mol. The Hall–Kier alpha value is -1.06. The van der Waals surface area contributed by atoms with Crippen LogP contribution in [-0.4, -0.2) is 26.2 Å². The van der Waals surface area contributed by atoms with E-state index in [1.807, 2.05) is 6.92 Å². The van der Waals surface area contributed by atoms with Crippen molar-refractivity contribution in [1.29, 1.82) is 0 Å². The summed E-state index contributed by atoms with van der Waals surface area (Å²) in [6.45, 7) is 3.68. The van der Waals surface area contributed by atoms with Crippen molar-refractivity contribution >= 4 is 21.6 Å². The molecule has 0 bridgehead atoms. The van der Waals surface area contributed by atoms with E-state index < -0.39 is 10.0 Å². The fourth-order valence-electron chi connectivity index (χ4n) is 1.43. The van der Waals surface area contributed by atoms with Crippen LogP contribution in [0.3, 0.4) is 0 Å². The summed E-state index contributed by atoms with van der Waals surface area (Å²) in [7, 11) is -3.61. The Bertz CT molecular complexity index is 617. The van der Waals surface area contributed by atoms with E-state index in [4.69, 9.17) is 16.7 Å². The summed E-state index contributed by atoms with van der Waals surface area (Å²) in [5, 5.41) is 8.78. The van der Waals surface area contributed by atoms with Crippen molar-refractivity contribution in [3.8, 4) is 11.8 Å². The third kappa shape index (κ3) is 4.80. The second-order valence-electron chi connectivity index (χ2n) is 4.35. The fourth-order valence-corrected chi connectivity index (χ4v) is 3.30. The van der Waals surface area contributed by atoms with E-state index in [-0.39, 0.29) is 22.6 Å². The summed E-state index contributed by atoms with van der Waals surface area (Å²) in [5.41, 5.74) is 0.617. The predicted octanol–water partition coefficient (Wildman–Crippen LogP) is 2.15. The highest BCUT2D eigenvalue weighted by Gasteiger charge is 2.19. The van der Waals surface area contributed by atoms with Gasteiger partial charge in [0.05, 0.1) is 11.6 Å². The highest BCUT2D eigenvalue weighted by Crippen LogP contribution is 2.22. The number of hydrogen-bond donors (Lipinski definition) is 2. The minimum Gasteiger partial charge on any atom is -0.395 e. The van der Waals surface area contributed by atoms with Crippen LogP contribution >= 0.6 is 11.6 Å². The molecule has 1 unspecified atom stereocenters. The van der Waals surface area contributed by atoms with Gasteiger partial charge in [0.25, 0.3) is 0 Å². The molecule has 0 aliphatic carbocycles. The van der Waals surface area contributed by atoms with Crippen molar-refractivity contribution in [1.82, 2.24) is 4.72 Å². The molecule has 110 valence electrons. The van der Waals surface area contributed by atoms with E-state index in [1.165, 1.54) is 12.1 Å². The van der Waals surface area contributed by atoms with E-state index in [9.17, 15) is 8.42 Å². The van der Waals surface area contributed by atoms with Crippen molar-refractivity contribution < 1.29 is 13.5 Å². The highest BCUT2D eigenvalue weighted by molar-refractivity contribution is 7.89. The number of benzene rings is 1. The summed E-state index contributed by atoms with van der Waals surface area (Å²) < 4.78 is 26.8. The summed E-state index contributed by atoms with van der Waals surface area (Å²) in [6, 6.07) is 4.40. The van der Waals surface area contributed by atoms with E-state index >= 15 is 0 Å². The Morgan fingerprint density at radius 1 is 1.45 bits per heavy atom. The van der Waals surface area contributed by atoms with Crippen LogP contribution < -0.4 is 4.72 Å². The molecule has 0 aliphatic heterocycles. The van der Waals surface area contributed by atoms with Crippen molar-refractivity contribution in [2.24, 2.45) is 0 Å². The maximum absolute atomic E-state index is 12.1. The molecule has 4 nitrogen and oxygen atoms in total. The smallest absolute Gasteiger partial charge is 0.242 e. The van der Waals surface area contributed by atoms with Crippen LogP contribution in [0.25, 0.3) is 0 Å². The topological polar surface area (TPSA) is 66.4 Å². The molecule has 0 aromatic heterocycles. The van der Waals surface area contributed by atoms with Crippen molar-refractivity contribution in [3.05, 3.63) is 28.8 Å². The van der Waals surface area contributed by atoms with Gasteiger partial charge in [-0.25, -0.2) is 13.1 Å². The molecule has 20 heavy (non-hydrogen) atoms. The maximum atomic E-state index is 12.1. The second kappa shape index (κ2) is 7.65. The van der Waals surface area contributed by atoms with Gasteiger partial charge in [-0.2, -0.15) is 0 Å². The number of nitrogens with one attached hydrogen (secondary N) is 1. The number of rotatable bonds is 5. The monoisotopic (exact) mass is 315 g/mol. The summed E-state index contributed by atoms with van der Waals surface area (Å²) >= 11 is 6.02. The minimum absolute atomic E-state index is 0.00792. The zero-order chi connectivity index (χ0) is 15.2. The number of hydrogen-bond acceptors (Lipinski definition) is 3. The van der Waals surface area contributed by atoms with Gasteiger partial charge in [0.1, 0.15) is 4.90 Å². The molecule has 0 aliphatic rings. The van der Waals surface area contributed by atoms with Crippen LogP contribution in [0, 0.1) is 11.8 Å². The highest BCUT2D eigenvalue weighted by atomic mass is 35.5. The van der Waals surface area contributed by atoms with Crippen molar-refractivity contribution in [2.75, 3.05) is 6.61 Å². The quantitative estimate of drug-likeness (QED) is 0.818. The van der Waals surface area contributed by atoms with Crippen LogP contribution in [0.1, 0.15) is 32.3 Å². The summed E-state index contributed by atoms with van der Waals surface area (Å²) in [5.74, 6) is 5.56. The average Bonchev–Trinajstić information content (AvgIpc) is 2.38. The molecule has 0 heterocycles. The van der Waals surface area contributed by atoms with Crippen LogP contribution in [0.5, 0.6) is 0 Å². The van der Waals surface area contributed by atoms with E-state index in [2.05, 4.69) is 16.6 Å². The number of sulfonamides is 1. The van der Waals surface area contributed by atoms with Gasteiger partial charge in [0.15, 0.2) is 0 Å². The molecule has 0 saturated heterocycles. The lowest BCUT2D eigenvalue weighted by Crippen LogP contribution is -2.32. The lowest BCUT2D eigenvalue weighted by Gasteiger charge is -2.13. The zero-order valence-corrected chi connectivity index (χ0v) is 13.1. The first-order chi connectivity index (χ1) is 9.40. The molecule has 0 fully saturated rings. The second-order valence-corrected chi connectivity index (χ2v) is 6.44. The molecule has 2 N–H and O–H groups in total. The number of halogens is 1. The van der Waals surface area contributed by atoms with E-state index in [0.717, 1.165) is 0 Å². The standard InChI is InChI=1S/C14H18ClNO3S/c1-3-11(2)16-20(18,19)14-8-7-12(10-13(14)15)6-4-5-9-17/h7-8,10-11,16-17H,3,5,9H2,1-2H3. The Labute approximate surface area is 125 Å². The third-order valence-electron chi connectivity index (χ3n) is 2.66. The van der Waals surface area contributed by atoms with E-state index in [0.29, 0.717) is 18.4 Å². The Balaban J connectivity index is 3.02. The largest absolute Gasteiger partial charge is 0.395 e. The number of aliphatic hydroxyl groups is 1. The first-order valence-electron chi connectivity index (χ1n) is 6.32. The van der Waals surface area contributed by atoms with Gasteiger partial charge in [-0.15, -0.1) is 0 Å². The molecule has 0 saturated carbocycles. The van der Waals surface area contributed by atoms with Crippen LogP contribution in [0.15, 0.2) is 23.1 Å². The molecule has 1 aromatic carbocycles. The van der Waals surface area contributed by atoms with Crippen LogP contribution in [-0.2, 0) is 10.0 Å². The summed E-state index contributed by atoms with van der Waals surface area (Å²) in [4.78, 5) is 0.0483. The van der Waals surface area contributed by atoms with Gasteiger partial charge in [-0.3, -0.25) is 0 Å². The number of aliphatic hydroxyl groups excluding tert-OH is 1. The van der Waals surface area contributed by atoms with Crippen molar-refractivity contribution in [3.63, 3.8) is 0 Å². The first kappa shape index (κ1) is 17.0. The first-order valence-corrected chi connectivity index (χ1v) is 8.18. The minimum atomic E-state index is -3.61. The molecule has 0 spiro atoms. The van der Waals surface area contributed by atoms with Gasteiger partial charge in [0, 0.05) is 18.0 Å². The lowest BCUT2D eigenvalue weighted by molar-refractivity contribution is 0.305. The Morgan fingerprint density at radius 3 is 2.70 bits per heavy atom. The Kier molecular flexibility index (Phi) is 6.50. The van der Waals surface area contributed by atoms with Gasteiger partial charge in [-0.1, -0.05) is 30.4 Å². The molecule has 1 rings (SSSR count). The van der Waals surface area contributed by atoms with E-state index in [1.54, 1.807) is 13.0 Å². The molecule has 0 amide bonds. The van der Waals surface area contributed by atoms with Gasteiger partial charge in [-0.05, 0) is 31.5 Å².